The van der Waals surface area contributed by atoms with E-state index in [-0.39, 0.29) is 18.0 Å². The molecule has 1 unspecified atom stereocenters. The highest BCUT2D eigenvalue weighted by Crippen LogP contribution is 2.28. The van der Waals surface area contributed by atoms with E-state index in [4.69, 9.17) is 5.73 Å². The Balaban J connectivity index is 2.47. The molecule has 1 rings (SSSR count). The first-order valence-electron chi connectivity index (χ1n) is 6.08. The van der Waals surface area contributed by atoms with Gasteiger partial charge in [-0.1, -0.05) is 27.7 Å². The van der Waals surface area contributed by atoms with Gasteiger partial charge in [-0.05, 0) is 18.4 Å². The van der Waals surface area contributed by atoms with E-state index in [0.717, 1.165) is 19.6 Å². The molecule has 1 heterocycles. The molecule has 1 fully saturated rings. The summed E-state index contributed by atoms with van der Waals surface area (Å²) in [6.07, 6.45) is 1.19. The van der Waals surface area contributed by atoms with Crippen LogP contribution in [-0.4, -0.2) is 42.5 Å². The van der Waals surface area contributed by atoms with Crippen LogP contribution in [0.5, 0.6) is 0 Å². The first-order valence-corrected chi connectivity index (χ1v) is 6.08. The molecule has 1 aliphatic rings. The Morgan fingerprint density at radius 3 is 2.50 bits per heavy atom. The van der Waals surface area contributed by atoms with Gasteiger partial charge in [0, 0.05) is 19.1 Å². The van der Waals surface area contributed by atoms with Crippen LogP contribution < -0.4 is 11.1 Å². The fraction of sp³-hybridized carbons (Fsp3) is 0.917. The first-order chi connectivity index (χ1) is 7.30. The molecule has 16 heavy (non-hydrogen) atoms. The molecule has 1 aliphatic heterocycles. The van der Waals surface area contributed by atoms with Crippen molar-refractivity contribution in [1.82, 2.24) is 10.2 Å². The average molecular weight is 227 g/mol. The van der Waals surface area contributed by atoms with E-state index >= 15 is 0 Å². The monoisotopic (exact) mass is 227 g/mol. The summed E-state index contributed by atoms with van der Waals surface area (Å²) in [5, 5.41) is 3.22. The van der Waals surface area contributed by atoms with Crippen molar-refractivity contribution in [1.29, 1.82) is 0 Å². The van der Waals surface area contributed by atoms with Gasteiger partial charge in [0.05, 0.1) is 6.04 Å². The predicted octanol–water partition coefficient (Wildman–Crippen LogP) is 0.570. The van der Waals surface area contributed by atoms with E-state index in [1.807, 2.05) is 13.8 Å². The second kappa shape index (κ2) is 5.15. The van der Waals surface area contributed by atoms with E-state index in [9.17, 15) is 4.79 Å². The van der Waals surface area contributed by atoms with E-state index < -0.39 is 0 Å². The lowest BCUT2D eigenvalue weighted by atomic mass is 9.93. The molecule has 0 spiro atoms. The zero-order valence-corrected chi connectivity index (χ0v) is 10.9. The topological polar surface area (TPSA) is 58.4 Å². The van der Waals surface area contributed by atoms with Crippen LogP contribution in [-0.2, 0) is 4.79 Å². The summed E-state index contributed by atoms with van der Waals surface area (Å²) in [6.45, 7) is 11.4. The van der Waals surface area contributed by atoms with Gasteiger partial charge < -0.3 is 16.0 Å². The molecular formula is C12H25N3O. The molecule has 1 saturated heterocycles. The Kier molecular flexibility index (Phi) is 4.33. The van der Waals surface area contributed by atoms with Crippen LogP contribution in [0.2, 0.25) is 0 Å². The number of nitrogens with two attached hydrogens (primary N) is 1. The van der Waals surface area contributed by atoms with Crippen molar-refractivity contribution >= 4 is 5.91 Å². The summed E-state index contributed by atoms with van der Waals surface area (Å²) >= 11 is 0. The Morgan fingerprint density at radius 1 is 1.50 bits per heavy atom. The van der Waals surface area contributed by atoms with Crippen LogP contribution in [0.4, 0.5) is 0 Å². The Labute approximate surface area is 98.6 Å². The van der Waals surface area contributed by atoms with Crippen LogP contribution in [0.15, 0.2) is 0 Å². The molecule has 0 aromatic rings. The van der Waals surface area contributed by atoms with E-state index in [0.29, 0.717) is 5.41 Å². The minimum Gasteiger partial charge on any atom is -0.368 e. The van der Waals surface area contributed by atoms with Gasteiger partial charge in [-0.25, -0.2) is 0 Å². The lowest BCUT2D eigenvalue weighted by Crippen LogP contribution is -2.51. The SMILES string of the molecule is CC(C)NC(CN1CCC(C)(C)C1)C(N)=O. The van der Waals surface area contributed by atoms with E-state index in [1.165, 1.54) is 6.42 Å². The number of hydrogen-bond acceptors (Lipinski definition) is 3. The average Bonchev–Trinajstić information content (AvgIpc) is 2.43. The molecule has 94 valence electrons. The van der Waals surface area contributed by atoms with Crippen molar-refractivity contribution in [2.45, 2.75) is 46.2 Å². The number of nitrogens with one attached hydrogen (secondary N) is 1. The largest absolute Gasteiger partial charge is 0.368 e. The van der Waals surface area contributed by atoms with Gasteiger partial charge in [0.2, 0.25) is 5.91 Å². The van der Waals surface area contributed by atoms with Crippen molar-refractivity contribution in [3.8, 4) is 0 Å². The molecule has 0 bridgehead atoms. The molecule has 0 aromatic heterocycles. The fourth-order valence-electron chi connectivity index (χ4n) is 2.27. The fourth-order valence-corrected chi connectivity index (χ4v) is 2.27. The Hall–Kier alpha value is -0.610. The number of likely N-dealkylation sites (tertiary alicyclic amines) is 1. The van der Waals surface area contributed by atoms with Gasteiger partial charge in [0.25, 0.3) is 0 Å². The maximum absolute atomic E-state index is 11.3. The van der Waals surface area contributed by atoms with Gasteiger partial charge >= 0.3 is 0 Å². The third-order valence-corrected chi connectivity index (χ3v) is 3.08. The molecule has 4 nitrogen and oxygen atoms in total. The van der Waals surface area contributed by atoms with Gasteiger partial charge in [0.15, 0.2) is 0 Å². The Morgan fingerprint density at radius 2 is 2.12 bits per heavy atom. The maximum Gasteiger partial charge on any atom is 0.235 e. The number of rotatable bonds is 5. The lowest BCUT2D eigenvalue weighted by Gasteiger charge is -2.25. The summed E-state index contributed by atoms with van der Waals surface area (Å²) in [7, 11) is 0. The number of nitrogens with zero attached hydrogens (tertiary/aromatic N) is 1. The number of amides is 1. The van der Waals surface area contributed by atoms with Gasteiger partial charge in [-0.2, -0.15) is 0 Å². The molecule has 0 radical (unpaired) electrons. The second-order valence-electron chi connectivity index (χ2n) is 5.93. The summed E-state index contributed by atoms with van der Waals surface area (Å²) in [6, 6.07) is 0.0574. The minimum absolute atomic E-state index is 0.228. The molecule has 1 atom stereocenters. The number of primary amides is 1. The van der Waals surface area contributed by atoms with Gasteiger partial charge in [-0.15, -0.1) is 0 Å². The van der Waals surface area contributed by atoms with Crippen LogP contribution >= 0.6 is 0 Å². The normalized spacial score (nSPS) is 22.6. The van der Waals surface area contributed by atoms with Crippen molar-refractivity contribution in [3.05, 3.63) is 0 Å². The summed E-state index contributed by atoms with van der Waals surface area (Å²) in [5.74, 6) is -0.251. The van der Waals surface area contributed by atoms with Crippen molar-refractivity contribution < 1.29 is 4.79 Å². The molecule has 0 aliphatic carbocycles. The molecule has 3 N–H and O–H groups in total. The number of hydrogen-bond donors (Lipinski definition) is 2. The van der Waals surface area contributed by atoms with Crippen molar-refractivity contribution in [2.24, 2.45) is 11.1 Å². The second-order valence-corrected chi connectivity index (χ2v) is 5.93. The standard InChI is InChI=1S/C12H25N3O/c1-9(2)14-10(11(13)16)7-15-6-5-12(3,4)8-15/h9-10,14H,5-8H2,1-4H3,(H2,13,16). The third-order valence-electron chi connectivity index (χ3n) is 3.08. The zero-order chi connectivity index (χ0) is 12.3. The van der Waals surface area contributed by atoms with E-state index in [2.05, 4.69) is 24.1 Å². The number of carbonyl (C=O) groups excluding carboxylic acids is 1. The molecule has 0 saturated carbocycles. The van der Waals surface area contributed by atoms with Crippen molar-refractivity contribution in [3.63, 3.8) is 0 Å². The maximum atomic E-state index is 11.3. The summed E-state index contributed by atoms with van der Waals surface area (Å²) in [4.78, 5) is 13.6. The van der Waals surface area contributed by atoms with E-state index in [1.54, 1.807) is 0 Å². The summed E-state index contributed by atoms with van der Waals surface area (Å²) < 4.78 is 0. The molecule has 4 heteroatoms. The highest BCUT2D eigenvalue weighted by atomic mass is 16.1. The Bertz CT molecular complexity index is 251. The third kappa shape index (κ3) is 4.10. The molecular weight excluding hydrogens is 202 g/mol. The van der Waals surface area contributed by atoms with Gasteiger partial charge in [-0.3, -0.25) is 4.79 Å². The van der Waals surface area contributed by atoms with Crippen LogP contribution in [0.1, 0.15) is 34.1 Å². The van der Waals surface area contributed by atoms with Crippen molar-refractivity contribution in [2.75, 3.05) is 19.6 Å². The van der Waals surface area contributed by atoms with Crippen LogP contribution in [0.25, 0.3) is 0 Å². The zero-order valence-electron chi connectivity index (χ0n) is 10.9. The quantitative estimate of drug-likeness (QED) is 0.722. The molecule has 0 aromatic carbocycles. The summed E-state index contributed by atoms with van der Waals surface area (Å²) in [5.41, 5.74) is 5.78. The van der Waals surface area contributed by atoms with Gasteiger partial charge in [0.1, 0.15) is 0 Å². The predicted molar refractivity (Wildman–Crippen MR) is 66.1 cm³/mol. The highest BCUT2D eigenvalue weighted by Gasteiger charge is 2.31. The molecule has 1 amide bonds. The van der Waals surface area contributed by atoms with Crippen LogP contribution in [0, 0.1) is 5.41 Å². The minimum atomic E-state index is -0.251. The number of carbonyl (C=O) groups is 1. The highest BCUT2D eigenvalue weighted by molar-refractivity contribution is 5.80. The first kappa shape index (κ1) is 13.5. The smallest absolute Gasteiger partial charge is 0.235 e. The van der Waals surface area contributed by atoms with Crippen LogP contribution in [0.3, 0.4) is 0 Å². The lowest BCUT2D eigenvalue weighted by molar-refractivity contribution is -0.120.